The van der Waals surface area contributed by atoms with Gasteiger partial charge in [-0.15, -0.1) is 0 Å². The van der Waals surface area contributed by atoms with Crippen molar-refractivity contribution in [2.75, 3.05) is 13.2 Å². The molecule has 1 aliphatic heterocycles. The molecular weight excluding hydrogens is 280 g/mol. The smallest absolute Gasteiger partial charge is 0.272 e. The van der Waals surface area contributed by atoms with Crippen molar-refractivity contribution in [2.45, 2.75) is 33.4 Å². The maximum Gasteiger partial charge on any atom is 0.272 e. The van der Waals surface area contributed by atoms with Gasteiger partial charge in [-0.05, 0) is 25.5 Å². The molecule has 6 heteroatoms. The predicted molar refractivity (Wildman–Crippen MR) is 81.8 cm³/mol. The third-order valence-electron chi connectivity index (χ3n) is 3.84. The number of aryl methyl sites for hydroxylation is 1. The van der Waals surface area contributed by atoms with Crippen LogP contribution in [-0.2, 0) is 19.5 Å². The first-order valence-electron chi connectivity index (χ1n) is 7.65. The molecule has 116 valence electrons. The van der Waals surface area contributed by atoms with Gasteiger partial charge in [-0.2, -0.15) is 5.10 Å². The van der Waals surface area contributed by atoms with Crippen molar-refractivity contribution >= 4 is 5.91 Å². The van der Waals surface area contributed by atoms with Crippen LogP contribution < -0.4 is 4.74 Å². The topological polar surface area (TPSA) is 60.2 Å². The van der Waals surface area contributed by atoms with Gasteiger partial charge in [0.25, 0.3) is 5.91 Å². The van der Waals surface area contributed by atoms with E-state index in [4.69, 9.17) is 4.74 Å². The summed E-state index contributed by atoms with van der Waals surface area (Å²) in [6, 6.07) is 5.65. The second kappa shape index (κ2) is 6.17. The summed E-state index contributed by atoms with van der Waals surface area (Å²) in [5, 5.41) is 4.17. The van der Waals surface area contributed by atoms with Crippen LogP contribution in [0.15, 0.2) is 24.4 Å². The Morgan fingerprint density at radius 3 is 2.95 bits per heavy atom. The lowest BCUT2D eigenvalue weighted by Crippen LogP contribution is -2.37. The molecule has 0 saturated carbocycles. The monoisotopic (exact) mass is 300 g/mol. The summed E-state index contributed by atoms with van der Waals surface area (Å²) in [6.07, 6.45) is 2.42. The highest BCUT2D eigenvalue weighted by molar-refractivity contribution is 5.92. The average molecular weight is 300 g/mol. The van der Waals surface area contributed by atoms with Crippen molar-refractivity contribution in [3.05, 3.63) is 41.3 Å². The van der Waals surface area contributed by atoms with Crippen molar-refractivity contribution in [3.8, 4) is 5.88 Å². The van der Waals surface area contributed by atoms with Crippen LogP contribution in [0.4, 0.5) is 0 Å². The second-order valence-corrected chi connectivity index (χ2v) is 5.20. The summed E-state index contributed by atoms with van der Waals surface area (Å²) in [7, 11) is 0. The Labute approximate surface area is 129 Å². The van der Waals surface area contributed by atoms with Gasteiger partial charge in [0, 0.05) is 38.3 Å². The number of amides is 1. The standard InChI is InChI=1S/C16H20N4O2/c1-3-20-14(7-9-17-20)16(21)19-10-8-13-12(11-19)5-6-15(18-13)22-4-2/h5-7,9H,3-4,8,10-11H2,1-2H3. The first-order valence-corrected chi connectivity index (χ1v) is 7.65. The molecular formula is C16H20N4O2. The third-order valence-corrected chi connectivity index (χ3v) is 3.84. The minimum atomic E-state index is 0.0267. The van der Waals surface area contributed by atoms with Gasteiger partial charge >= 0.3 is 0 Å². The summed E-state index contributed by atoms with van der Waals surface area (Å²) in [4.78, 5) is 19.0. The molecule has 0 bridgehead atoms. The molecule has 2 aromatic heterocycles. The molecule has 0 atom stereocenters. The van der Waals surface area contributed by atoms with E-state index in [1.54, 1.807) is 16.9 Å². The Balaban J connectivity index is 1.78. The Bertz CT molecular complexity index is 681. The van der Waals surface area contributed by atoms with Crippen LogP contribution in [0.3, 0.4) is 0 Å². The largest absolute Gasteiger partial charge is 0.478 e. The second-order valence-electron chi connectivity index (χ2n) is 5.20. The van der Waals surface area contributed by atoms with Gasteiger partial charge in [-0.1, -0.05) is 6.07 Å². The van der Waals surface area contributed by atoms with E-state index in [1.165, 1.54) is 0 Å². The number of carbonyl (C=O) groups excluding carboxylic acids is 1. The Morgan fingerprint density at radius 1 is 1.32 bits per heavy atom. The quantitative estimate of drug-likeness (QED) is 0.865. The molecule has 0 spiro atoms. The zero-order chi connectivity index (χ0) is 15.5. The Hall–Kier alpha value is -2.37. The first kappa shape index (κ1) is 14.6. The lowest BCUT2D eigenvalue weighted by atomic mass is 10.1. The van der Waals surface area contributed by atoms with Gasteiger partial charge in [0.1, 0.15) is 5.69 Å². The van der Waals surface area contributed by atoms with Crippen LogP contribution in [0.5, 0.6) is 5.88 Å². The van der Waals surface area contributed by atoms with E-state index in [2.05, 4.69) is 10.1 Å². The summed E-state index contributed by atoms with van der Waals surface area (Å²) in [5.41, 5.74) is 2.76. The first-order chi connectivity index (χ1) is 10.7. The SMILES string of the molecule is CCOc1ccc2c(n1)CCN(C(=O)c1ccnn1CC)C2. The molecule has 22 heavy (non-hydrogen) atoms. The highest BCUT2D eigenvalue weighted by Gasteiger charge is 2.24. The van der Waals surface area contributed by atoms with Crippen LogP contribution in [0, 0.1) is 0 Å². The maximum atomic E-state index is 12.6. The summed E-state index contributed by atoms with van der Waals surface area (Å²) < 4.78 is 7.16. The van der Waals surface area contributed by atoms with E-state index < -0.39 is 0 Å². The summed E-state index contributed by atoms with van der Waals surface area (Å²) in [6.45, 7) is 6.48. The van der Waals surface area contributed by atoms with E-state index in [1.807, 2.05) is 30.9 Å². The number of ether oxygens (including phenoxy) is 1. The fourth-order valence-corrected chi connectivity index (χ4v) is 2.73. The number of carbonyl (C=O) groups is 1. The molecule has 0 aromatic carbocycles. The molecule has 2 aromatic rings. The van der Waals surface area contributed by atoms with Crippen LogP contribution in [0.25, 0.3) is 0 Å². The van der Waals surface area contributed by atoms with E-state index in [0.717, 1.165) is 17.7 Å². The molecule has 0 radical (unpaired) electrons. The summed E-state index contributed by atoms with van der Waals surface area (Å²) >= 11 is 0. The zero-order valence-electron chi connectivity index (χ0n) is 13.0. The molecule has 1 aliphatic rings. The normalized spacial score (nSPS) is 13.8. The molecule has 1 amide bonds. The van der Waals surface area contributed by atoms with Crippen molar-refractivity contribution in [2.24, 2.45) is 0 Å². The highest BCUT2D eigenvalue weighted by Crippen LogP contribution is 2.21. The number of hydrogen-bond acceptors (Lipinski definition) is 4. The molecule has 0 saturated heterocycles. The van der Waals surface area contributed by atoms with Gasteiger partial charge in [0.05, 0.1) is 12.3 Å². The number of pyridine rings is 1. The van der Waals surface area contributed by atoms with Crippen molar-refractivity contribution in [1.82, 2.24) is 19.7 Å². The number of rotatable bonds is 4. The van der Waals surface area contributed by atoms with E-state index in [0.29, 0.717) is 37.8 Å². The van der Waals surface area contributed by atoms with Crippen LogP contribution >= 0.6 is 0 Å². The molecule has 0 unspecified atom stereocenters. The molecule has 0 aliphatic carbocycles. The number of nitrogens with zero attached hydrogens (tertiary/aromatic N) is 4. The van der Waals surface area contributed by atoms with Crippen molar-refractivity contribution in [1.29, 1.82) is 0 Å². The lowest BCUT2D eigenvalue weighted by Gasteiger charge is -2.28. The molecule has 0 fully saturated rings. The van der Waals surface area contributed by atoms with E-state index >= 15 is 0 Å². The van der Waals surface area contributed by atoms with E-state index in [9.17, 15) is 4.79 Å². The van der Waals surface area contributed by atoms with Gasteiger partial charge in [0.2, 0.25) is 5.88 Å². The van der Waals surface area contributed by atoms with Gasteiger partial charge in [-0.25, -0.2) is 4.98 Å². The zero-order valence-corrected chi connectivity index (χ0v) is 13.0. The van der Waals surface area contributed by atoms with Crippen LogP contribution in [-0.4, -0.2) is 38.7 Å². The molecule has 3 rings (SSSR count). The van der Waals surface area contributed by atoms with E-state index in [-0.39, 0.29) is 5.91 Å². The summed E-state index contributed by atoms with van der Waals surface area (Å²) in [5.74, 6) is 0.684. The molecule has 0 N–H and O–H groups in total. The fourth-order valence-electron chi connectivity index (χ4n) is 2.73. The third kappa shape index (κ3) is 2.68. The van der Waals surface area contributed by atoms with Gasteiger partial charge in [0.15, 0.2) is 0 Å². The minimum absolute atomic E-state index is 0.0267. The average Bonchev–Trinajstić information content (AvgIpc) is 3.02. The van der Waals surface area contributed by atoms with Crippen molar-refractivity contribution < 1.29 is 9.53 Å². The van der Waals surface area contributed by atoms with Crippen molar-refractivity contribution in [3.63, 3.8) is 0 Å². The minimum Gasteiger partial charge on any atom is -0.478 e. The predicted octanol–water partition coefficient (Wildman–Crippen LogP) is 1.90. The molecule has 3 heterocycles. The lowest BCUT2D eigenvalue weighted by molar-refractivity contribution is 0.0720. The Kier molecular flexibility index (Phi) is 4.09. The van der Waals surface area contributed by atoms with Gasteiger partial charge in [-0.3, -0.25) is 9.48 Å². The van der Waals surface area contributed by atoms with Gasteiger partial charge < -0.3 is 9.64 Å². The number of hydrogen-bond donors (Lipinski definition) is 0. The molecule has 6 nitrogen and oxygen atoms in total. The maximum absolute atomic E-state index is 12.6. The Morgan fingerprint density at radius 2 is 2.18 bits per heavy atom. The highest BCUT2D eigenvalue weighted by atomic mass is 16.5. The van der Waals surface area contributed by atoms with Crippen LogP contribution in [0.1, 0.15) is 35.6 Å². The number of aromatic nitrogens is 3. The fraction of sp³-hybridized carbons (Fsp3) is 0.438. The number of fused-ring (bicyclic) bond motifs is 1. The van der Waals surface area contributed by atoms with Crippen LogP contribution in [0.2, 0.25) is 0 Å².